The van der Waals surface area contributed by atoms with E-state index >= 15 is 0 Å². The molecule has 0 aliphatic carbocycles. The topological polar surface area (TPSA) is 36.3 Å². The molecule has 0 fully saturated rings. The molecule has 0 atom stereocenters. The van der Waals surface area contributed by atoms with E-state index in [0.29, 0.717) is 13.2 Å². The zero-order valence-corrected chi connectivity index (χ0v) is 10.4. The molecule has 94 valence electrons. The molecule has 0 amide bonds. The molecule has 1 heterocycles. The van der Waals surface area contributed by atoms with E-state index < -0.39 is 0 Å². The number of benzene rings is 1. The Balaban J connectivity index is 1.99. The molecular formula is C14H16N2O2. The highest BCUT2D eigenvalue weighted by Crippen LogP contribution is 2.14. The van der Waals surface area contributed by atoms with Crippen LogP contribution in [0.3, 0.4) is 0 Å². The zero-order valence-electron chi connectivity index (χ0n) is 10.4. The lowest BCUT2D eigenvalue weighted by Gasteiger charge is -2.03. The van der Waals surface area contributed by atoms with Gasteiger partial charge >= 0.3 is 0 Å². The van der Waals surface area contributed by atoms with Crippen LogP contribution in [0.4, 0.5) is 0 Å². The molecule has 0 radical (unpaired) electrons. The molecule has 0 aliphatic heterocycles. The second-order valence-electron chi connectivity index (χ2n) is 3.82. The Morgan fingerprint density at radius 2 is 2.06 bits per heavy atom. The molecule has 4 heteroatoms. The second-order valence-corrected chi connectivity index (χ2v) is 3.82. The van der Waals surface area contributed by atoms with Gasteiger partial charge in [0.15, 0.2) is 5.75 Å². The maximum Gasteiger partial charge on any atom is 0.157 e. The summed E-state index contributed by atoms with van der Waals surface area (Å²) in [6, 6.07) is 7.91. The van der Waals surface area contributed by atoms with E-state index in [1.54, 1.807) is 19.4 Å². The molecular weight excluding hydrogens is 228 g/mol. The van der Waals surface area contributed by atoms with Crippen LogP contribution in [0.5, 0.6) is 11.5 Å². The summed E-state index contributed by atoms with van der Waals surface area (Å²) in [7, 11) is 1.66. The van der Waals surface area contributed by atoms with E-state index in [9.17, 15) is 0 Å². The van der Waals surface area contributed by atoms with Gasteiger partial charge in [-0.15, -0.1) is 0 Å². The van der Waals surface area contributed by atoms with Crippen molar-refractivity contribution < 1.29 is 9.47 Å². The Morgan fingerprint density at radius 1 is 1.28 bits per heavy atom. The van der Waals surface area contributed by atoms with Crippen molar-refractivity contribution in [2.75, 3.05) is 13.7 Å². The minimum Gasteiger partial charge on any atom is -0.497 e. The lowest BCUT2D eigenvalue weighted by molar-refractivity contribution is 0.362. The van der Waals surface area contributed by atoms with E-state index in [1.807, 2.05) is 35.1 Å². The first-order valence-electron chi connectivity index (χ1n) is 5.71. The molecule has 0 N–H and O–H groups in total. The van der Waals surface area contributed by atoms with E-state index in [2.05, 4.69) is 11.7 Å². The lowest BCUT2D eigenvalue weighted by atomic mass is 10.2. The van der Waals surface area contributed by atoms with E-state index in [0.717, 1.165) is 17.1 Å². The third kappa shape index (κ3) is 3.13. The van der Waals surface area contributed by atoms with Gasteiger partial charge in [-0.2, -0.15) is 5.10 Å². The molecule has 18 heavy (non-hydrogen) atoms. The first kappa shape index (κ1) is 12.2. The average Bonchev–Trinajstić information content (AvgIpc) is 2.85. The summed E-state index contributed by atoms with van der Waals surface area (Å²) < 4.78 is 12.3. The SMILES string of the molecule is C=CCOc1cnn(Cc2ccc(OC)cc2)c1. The largest absolute Gasteiger partial charge is 0.497 e. The molecule has 1 aromatic heterocycles. The number of rotatable bonds is 6. The summed E-state index contributed by atoms with van der Waals surface area (Å²) in [6.45, 7) is 4.81. The van der Waals surface area contributed by atoms with Crippen molar-refractivity contribution in [1.29, 1.82) is 0 Å². The predicted octanol–water partition coefficient (Wildman–Crippen LogP) is 2.50. The summed E-state index contributed by atoms with van der Waals surface area (Å²) in [5.74, 6) is 1.61. The maximum atomic E-state index is 5.39. The van der Waals surface area contributed by atoms with Crippen molar-refractivity contribution in [3.8, 4) is 11.5 Å². The van der Waals surface area contributed by atoms with Crippen molar-refractivity contribution in [3.63, 3.8) is 0 Å². The molecule has 2 rings (SSSR count). The Bertz CT molecular complexity index is 503. The third-order valence-electron chi connectivity index (χ3n) is 2.48. The fraction of sp³-hybridized carbons (Fsp3) is 0.214. The fourth-order valence-electron chi connectivity index (χ4n) is 1.58. The number of aromatic nitrogens is 2. The zero-order chi connectivity index (χ0) is 12.8. The summed E-state index contributed by atoms with van der Waals surface area (Å²) >= 11 is 0. The van der Waals surface area contributed by atoms with E-state index in [-0.39, 0.29) is 0 Å². The molecule has 4 nitrogen and oxygen atoms in total. The Labute approximate surface area is 106 Å². The van der Waals surface area contributed by atoms with Crippen molar-refractivity contribution in [1.82, 2.24) is 9.78 Å². The lowest BCUT2D eigenvalue weighted by Crippen LogP contribution is -1.99. The van der Waals surface area contributed by atoms with Gasteiger partial charge in [0.2, 0.25) is 0 Å². The number of methoxy groups -OCH3 is 1. The van der Waals surface area contributed by atoms with Crippen LogP contribution in [0, 0.1) is 0 Å². The fourth-order valence-corrected chi connectivity index (χ4v) is 1.58. The van der Waals surface area contributed by atoms with Gasteiger partial charge in [-0.1, -0.05) is 24.8 Å². The van der Waals surface area contributed by atoms with Gasteiger partial charge in [-0.05, 0) is 17.7 Å². The molecule has 0 saturated heterocycles. The van der Waals surface area contributed by atoms with E-state index in [1.165, 1.54) is 0 Å². The summed E-state index contributed by atoms with van der Waals surface area (Å²) in [6.07, 6.45) is 5.28. The van der Waals surface area contributed by atoms with Crippen LogP contribution in [0.2, 0.25) is 0 Å². The minimum absolute atomic E-state index is 0.494. The third-order valence-corrected chi connectivity index (χ3v) is 2.48. The van der Waals surface area contributed by atoms with Crippen molar-refractivity contribution >= 4 is 0 Å². The summed E-state index contributed by atoms with van der Waals surface area (Å²) in [5.41, 5.74) is 1.16. The van der Waals surface area contributed by atoms with Gasteiger partial charge < -0.3 is 9.47 Å². The summed E-state index contributed by atoms with van der Waals surface area (Å²) in [5, 5.41) is 4.23. The Kier molecular flexibility index (Phi) is 4.02. The van der Waals surface area contributed by atoms with Gasteiger partial charge in [0, 0.05) is 0 Å². The van der Waals surface area contributed by atoms with Crippen LogP contribution in [0.25, 0.3) is 0 Å². The van der Waals surface area contributed by atoms with Crippen LogP contribution < -0.4 is 9.47 Å². The number of ether oxygens (including phenoxy) is 2. The molecule has 2 aromatic rings. The molecule has 0 saturated carbocycles. The van der Waals surface area contributed by atoms with Crippen LogP contribution >= 0.6 is 0 Å². The van der Waals surface area contributed by atoms with Crippen LogP contribution in [-0.4, -0.2) is 23.5 Å². The van der Waals surface area contributed by atoms with Crippen LogP contribution in [0.1, 0.15) is 5.56 Å². The molecule has 0 aliphatic rings. The second kappa shape index (κ2) is 5.91. The smallest absolute Gasteiger partial charge is 0.157 e. The quantitative estimate of drug-likeness (QED) is 0.732. The number of nitrogens with zero attached hydrogens (tertiary/aromatic N) is 2. The Hall–Kier alpha value is -2.23. The van der Waals surface area contributed by atoms with Crippen molar-refractivity contribution in [2.24, 2.45) is 0 Å². The highest BCUT2D eigenvalue weighted by atomic mass is 16.5. The monoisotopic (exact) mass is 244 g/mol. The summed E-state index contributed by atoms with van der Waals surface area (Å²) in [4.78, 5) is 0. The van der Waals surface area contributed by atoms with Crippen LogP contribution in [-0.2, 0) is 6.54 Å². The first-order valence-corrected chi connectivity index (χ1v) is 5.71. The Morgan fingerprint density at radius 3 is 2.72 bits per heavy atom. The van der Waals surface area contributed by atoms with Crippen molar-refractivity contribution in [2.45, 2.75) is 6.54 Å². The highest BCUT2D eigenvalue weighted by Gasteiger charge is 2.00. The standard InChI is InChI=1S/C14H16N2O2/c1-3-8-18-14-9-15-16(11-14)10-12-4-6-13(17-2)7-5-12/h3-7,9,11H,1,8,10H2,2H3. The molecule has 1 aromatic carbocycles. The van der Waals surface area contributed by atoms with Crippen LogP contribution in [0.15, 0.2) is 49.3 Å². The van der Waals surface area contributed by atoms with Crippen molar-refractivity contribution in [3.05, 3.63) is 54.9 Å². The molecule has 0 bridgehead atoms. The first-order chi connectivity index (χ1) is 8.81. The van der Waals surface area contributed by atoms with Gasteiger partial charge in [0.1, 0.15) is 12.4 Å². The van der Waals surface area contributed by atoms with Gasteiger partial charge in [-0.25, -0.2) is 0 Å². The number of hydrogen-bond donors (Lipinski definition) is 0. The number of hydrogen-bond acceptors (Lipinski definition) is 3. The maximum absolute atomic E-state index is 5.39. The molecule has 0 unspecified atom stereocenters. The predicted molar refractivity (Wildman–Crippen MR) is 70.0 cm³/mol. The highest BCUT2D eigenvalue weighted by molar-refractivity contribution is 5.27. The van der Waals surface area contributed by atoms with Gasteiger partial charge in [0.25, 0.3) is 0 Å². The molecule has 0 spiro atoms. The van der Waals surface area contributed by atoms with Gasteiger partial charge in [0.05, 0.1) is 26.0 Å². The van der Waals surface area contributed by atoms with E-state index in [4.69, 9.17) is 9.47 Å². The average molecular weight is 244 g/mol. The normalized spacial score (nSPS) is 10.1. The minimum atomic E-state index is 0.494. The van der Waals surface area contributed by atoms with Gasteiger partial charge in [-0.3, -0.25) is 4.68 Å².